The first-order valence-electron chi connectivity index (χ1n) is 5.98. The van der Waals surface area contributed by atoms with Crippen molar-refractivity contribution in [2.75, 3.05) is 0 Å². The van der Waals surface area contributed by atoms with Crippen LogP contribution >= 0.6 is 0 Å². The van der Waals surface area contributed by atoms with Crippen molar-refractivity contribution < 1.29 is 14.7 Å². The summed E-state index contributed by atoms with van der Waals surface area (Å²) in [5.41, 5.74) is 6.69. The first-order chi connectivity index (χ1) is 9.04. The quantitative estimate of drug-likeness (QED) is 0.631. The fourth-order valence-electron chi connectivity index (χ4n) is 1.63. The lowest BCUT2D eigenvalue weighted by molar-refractivity contribution is -0.141. The lowest BCUT2D eigenvalue weighted by Crippen LogP contribution is -2.49. The van der Waals surface area contributed by atoms with Crippen molar-refractivity contribution in [3.05, 3.63) is 48.6 Å². The Hall–Kier alpha value is -2.14. The van der Waals surface area contributed by atoms with E-state index in [9.17, 15) is 9.59 Å². The normalized spacial score (nSPS) is 13.3. The Balaban J connectivity index is 2.56. The number of amides is 1. The van der Waals surface area contributed by atoms with E-state index in [1.807, 2.05) is 30.3 Å². The lowest BCUT2D eigenvalue weighted by Gasteiger charge is -2.16. The zero-order chi connectivity index (χ0) is 14.3. The number of nitrogens with one attached hydrogen (secondary N) is 1. The average Bonchev–Trinajstić information content (AvgIpc) is 2.39. The molecule has 1 aromatic carbocycles. The standard InChI is InChI=1S/C14H18N2O3/c1-2-6-12(14(18)19)16-13(17)11(15)9-10-7-4-3-5-8-10/h2-5,7-8,11-12H,1,6,9,15H2,(H,16,17)(H,18,19)/t11-,12+/m1/s1. The summed E-state index contributed by atoms with van der Waals surface area (Å²) in [4.78, 5) is 22.7. The number of carbonyl (C=O) groups excluding carboxylic acids is 1. The van der Waals surface area contributed by atoms with E-state index in [0.717, 1.165) is 5.56 Å². The highest BCUT2D eigenvalue weighted by Crippen LogP contribution is 2.03. The third-order valence-corrected chi connectivity index (χ3v) is 2.65. The molecule has 19 heavy (non-hydrogen) atoms. The van der Waals surface area contributed by atoms with Gasteiger partial charge in [-0.1, -0.05) is 36.4 Å². The van der Waals surface area contributed by atoms with E-state index in [4.69, 9.17) is 10.8 Å². The van der Waals surface area contributed by atoms with Crippen LogP contribution < -0.4 is 11.1 Å². The van der Waals surface area contributed by atoms with Gasteiger partial charge in [-0.05, 0) is 18.4 Å². The molecule has 102 valence electrons. The van der Waals surface area contributed by atoms with Crippen LogP contribution in [0.3, 0.4) is 0 Å². The van der Waals surface area contributed by atoms with Gasteiger partial charge in [-0.15, -0.1) is 6.58 Å². The van der Waals surface area contributed by atoms with Gasteiger partial charge in [0.25, 0.3) is 0 Å². The van der Waals surface area contributed by atoms with Gasteiger partial charge in [0.05, 0.1) is 6.04 Å². The first kappa shape index (κ1) is 14.9. The Labute approximate surface area is 112 Å². The smallest absolute Gasteiger partial charge is 0.326 e. The van der Waals surface area contributed by atoms with Gasteiger partial charge in [0.1, 0.15) is 6.04 Å². The predicted octanol–water partition coefficient (Wildman–Crippen LogP) is 0.702. The summed E-state index contributed by atoms with van der Waals surface area (Å²) < 4.78 is 0. The number of benzene rings is 1. The Morgan fingerprint density at radius 3 is 2.53 bits per heavy atom. The molecule has 0 bridgehead atoms. The Morgan fingerprint density at radius 2 is 2.00 bits per heavy atom. The van der Waals surface area contributed by atoms with Crippen LogP contribution in [-0.4, -0.2) is 29.1 Å². The molecule has 5 heteroatoms. The van der Waals surface area contributed by atoms with E-state index in [0.29, 0.717) is 6.42 Å². The highest BCUT2D eigenvalue weighted by Gasteiger charge is 2.22. The van der Waals surface area contributed by atoms with Gasteiger partial charge in [-0.2, -0.15) is 0 Å². The molecule has 0 radical (unpaired) electrons. The summed E-state index contributed by atoms with van der Waals surface area (Å²) in [5.74, 6) is -1.57. The van der Waals surface area contributed by atoms with Crippen LogP contribution in [0.1, 0.15) is 12.0 Å². The van der Waals surface area contributed by atoms with Crippen LogP contribution in [0.2, 0.25) is 0 Å². The summed E-state index contributed by atoms with van der Waals surface area (Å²) in [7, 11) is 0. The summed E-state index contributed by atoms with van der Waals surface area (Å²) in [6.45, 7) is 3.46. The highest BCUT2D eigenvalue weighted by atomic mass is 16.4. The lowest BCUT2D eigenvalue weighted by atomic mass is 10.1. The SMILES string of the molecule is C=CC[C@H](NC(=O)[C@H](N)Cc1ccccc1)C(=O)O. The van der Waals surface area contributed by atoms with Gasteiger partial charge in [-0.25, -0.2) is 4.79 Å². The fraction of sp³-hybridized carbons (Fsp3) is 0.286. The van der Waals surface area contributed by atoms with Gasteiger partial charge in [0.15, 0.2) is 0 Å². The molecule has 0 aliphatic rings. The molecule has 4 N–H and O–H groups in total. The molecule has 5 nitrogen and oxygen atoms in total. The van der Waals surface area contributed by atoms with Crippen LogP contribution in [-0.2, 0) is 16.0 Å². The maximum Gasteiger partial charge on any atom is 0.326 e. The number of carboxylic acids is 1. The maximum absolute atomic E-state index is 11.8. The molecule has 0 saturated carbocycles. The van der Waals surface area contributed by atoms with Crippen molar-refractivity contribution in [1.29, 1.82) is 0 Å². The van der Waals surface area contributed by atoms with Crippen LogP contribution in [0.25, 0.3) is 0 Å². The Morgan fingerprint density at radius 1 is 1.37 bits per heavy atom. The van der Waals surface area contributed by atoms with Crippen molar-refractivity contribution in [2.45, 2.75) is 24.9 Å². The van der Waals surface area contributed by atoms with Crippen LogP contribution in [0.4, 0.5) is 0 Å². The molecule has 0 aliphatic carbocycles. The number of nitrogens with two attached hydrogens (primary N) is 1. The summed E-state index contributed by atoms with van der Waals surface area (Å²) >= 11 is 0. The number of hydrogen-bond acceptors (Lipinski definition) is 3. The Kier molecular flexibility index (Phi) is 5.75. The van der Waals surface area contributed by atoms with Gasteiger partial charge < -0.3 is 16.2 Å². The zero-order valence-electron chi connectivity index (χ0n) is 10.6. The summed E-state index contributed by atoms with van der Waals surface area (Å²) in [6.07, 6.45) is 1.98. The molecule has 0 saturated heterocycles. The zero-order valence-corrected chi connectivity index (χ0v) is 10.6. The van der Waals surface area contributed by atoms with Crippen molar-refractivity contribution in [3.63, 3.8) is 0 Å². The summed E-state index contributed by atoms with van der Waals surface area (Å²) in [5, 5.41) is 11.3. The van der Waals surface area contributed by atoms with Crippen molar-refractivity contribution in [3.8, 4) is 0 Å². The fourth-order valence-corrected chi connectivity index (χ4v) is 1.63. The minimum absolute atomic E-state index is 0.166. The second kappa shape index (κ2) is 7.33. The number of hydrogen-bond donors (Lipinski definition) is 3. The van der Waals surface area contributed by atoms with Crippen LogP contribution in [0.15, 0.2) is 43.0 Å². The molecular weight excluding hydrogens is 244 g/mol. The van der Waals surface area contributed by atoms with Gasteiger partial charge in [0, 0.05) is 0 Å². The third-order valence-electron chi connectivity index (χ3n) is 2.65. The molecule has 0 unspecified atom stereocenters. The maximum atomic E-state index is 11.8. The molecule has 0 aliphatic heterocycles. The second-order valence-corrected chi connectivity index (χ2v) is 4.22. The number of aliphatic carboxylic acids is 1. The third kappa shape index (κ3) is 4.93. The number of carbonyl (C=O) groups is 2. The summed E-state index contributed by atoms with van der Waals surface area (Å²) in [6, 6.07) is 7.58. The van der Waals surface area contributed by atoms with Gasteiger partial charge >= 0.3 is 5.97 Å². The van der Waals surface area contributed by atoms with E-state index in [-0.39, 0.29) is 6.42 Å². The molecule has 0 heterocycles. The van der Waals surface area contributed by atoms with E-state index in [1.165, 1.54) is 6.08 Å². The molecule has 2 atom stereocenters. The van der Waals surface area contributed by atoms with E-state index < -0.39 is 24.0 Å². The number of carboxylic acid groups (broad SMARTS) is 1. The van der Waals surface area contributed by atoms with Gasteiger partial charge in [0.2, 0.25) is 5.91 Å². The van der Waals surface area contributed by atoms with Crippen molar-refractivity contribution in [2.24, 2.45) is 5.73 Å². The van der Waals surface area contributed by atoms with E-state index in [1.54, 1.807) is 0 Å². The topological polar surface area (TPSA) is 92.4 Å². The van der Waals surface area contributed by atoms with Crippen LogP contribution in [0.5, 0.6) is 0 Å². The molecule has 0 fully saturated rings. The van der Waals surface area contributed by atoms with Crippen molar-refractivity contribution in [1.82, 2.24) is 5.32 Å². The largest absolute Gasteiger partial charge is 0.480 e. The second-order valence-electron chi connectivity index (χ2n) is 4.22. The monoisotopic (exact) mass is 262 g/mol. The highest BCUT2D eigenvalue weighted by molar-refractivity contribution is 5.87. The predicted molar refractivity (Wildman–Crippen MR) is 72.5 cm³/mol. The van der Waals surface area contributed by atoms with Gasteiger partial charge in [-0.3, -0.25) is 4.79 Å². The molecule has 0 aromatic heterocycles. The molecule has 1 rings (SSSR count). The average molecular weight is 262 g/mol. The van der Waals surface area contributed by atoms with E-state index >= 15 is 0 Å². The van der Waals surface area contributed by atoms with Crippen LogP contribution in [0, 0.1) is 0 Å². The Bertz CT molecular complexity index is 445. The number of rotatable bonds is 7. The molecule has 1 aromatic rings. The molecule has 1 amide bonds. The molecule has 0 spiro atoms. The van der Waals surface area contributed by atoms with Crippen molar-refractivity contribution >= 4 is 11.9 Å². The van der Waals surface area contributed by atoms with E-state index in [2.05, 4.69) is 11.9 Å². The minimum atomic E-state index is -1.10. The first-order valence-corrected chi connectivity index (χ1v) is 5.98. The minimum Gasteiger partial charge on any atom is -0.480 e. The molecular formula is C14H18N2O3.